The van der Waals surface area contributed by atoms with Crippen molar-refractivity contribution < 1.29 is 14.3 Å². The third kappa shape index (κ3) is 4.81. The summed E-state index contributed by atoms with van der Waals surface area (Å²) in [5.41, 5.74) is 1.76. The summed E-state index contributed by atoms with van der Waals surface area (Å²) < 4.78 is 4.96. The standard InChI is InChI=1S/C14H18O3/c1-10(2)17-14(16)9-8-13(15)12-6-4-11(3)5-7-12/h4-7,10H,8-9H2,1-3H3. The highest BCUT2D eigenvalue weighted by Crippen LogP contribution is 2.08. The smallest absolute Gasteiger partial charge is 0.306 e. The molecule has 17 heavy (non-hydrogen) atoms. The molecule has 1 aromatic carbocycles. The van der Waals surface area contributed by atoms with Gasteiger partial charge in [0.15, 0.2) is 5.78 Å². The maximum atomic E-state index is 11.7. The number of carbonyl (C=O) groups excluding carboxylic acids is 2. The Hall–Kier alpha value is -1.64. The van der Waals surface area contributed by atoms with Gasteiger partial charge in [0, 0.05) is 12.0 Å². The predicted molar refractivity (Wildman–Crippen MR) is 66.0 cm³/mol. The number of rotatable bonds is 5. The van der Waals surface area contributed by atoms with E-state index in [9.17, 15) is 9.59 Å². The van der Waals surface area contributed by atoms with E-state index in [0.29, 0.717) is 5.56 Å². The van der Waals surface area contributed by atoms with Crippen LogP contribution in [0, 0.1) is 6.92 Å². The number of esters is 1. The monoisotopic (exact) mass is 234 g/mol. The SMILES string of the molecule is Cc1ccc(C(=O)CCC(=O)OC(C)C)cc1. The van der Waals surface area contributed by atoms with Crippen LogP contribution in [0.4, 0.5) is 0 Å². The lowest BCUT2D eigenvalue weighted by Crippen LogP contribution is -2.12. The van der Waals surface area contributed by atoms with Crippen LogP contribution in [0.3, 0.4) is 0 Å². The number of carbonyl (C=O) groups is 2. The number of Topliss-reactive ketones (excluding diaryl/α,β-unsaturated/α-hetero) is 1. The van der Waals surface area contributed by atoms with Gasteiger partial charge in [-0.1, -0.05) is 29.8 Å². The Bertz CT molecular complexity index is 390. The van der Waals surface area contributed by atoms with Crippen LogP contribution in [0.25, 0.3) is 0 Å². The highest BCUT2D eigenvalue weighted by molar-refractivity contribution is 5.97. The Kier molecular flexibility index (Phi) is 4.88. The fourth-order valence-electron chi connectivity index (χ4n) is 1.42. The normalized spacial score (nSPS) is 10.4. The Labute approximate surface area is 102 Å². The Morgan fingerprint density at radius 3 is 2.24 bits per heavy atom. The molecule has 92 valence electrons. The van der Waals surface area contributed by atoms with Crippen LogP contribution in [0.1, 0.15) is 42.6 Å². The van der Waals surface area contributed by atoms with E-state index in [1.165, 1.54) is 0 Å². The van der Waals surface area contributed by atoms with Crippen molar-refractivity contribution in [2.75, 3.05) is 0 Å². The second kappa shape index (κ2) is 6.18. The molecular formula is C14H18O3. The first-order valence-corrected chi connectivity index (χ1v) is 5.78. The molecule has 0 spiro atoms. The molecule has 0 fully saturated rings. The molecule has 0 aliphatic heterocycles. The summed E-state index contributed by atoms with van der Waals surface area (Å²) in [7, 11) is 0. The average Bonchev–Trinajstić information content (AvgIpc) is 2.26. The first kappa shape index (κ1) is 13.4. The predicted octanol–water partition coefficient (Wildman–Crippen LogP) is 2.91. The molecule has 0 bridgehead atoms. The van der Waals surface area contributed by atoms with Crippen molar-refractivity contribution in [3.05, 3.63) is 35.4 Å². The zero-order valence-corrected chi connectivity index (χ0v) is 10.5. The fourth-order valence-corrected chi connectivity index (χ4v) is 1.42. The van der Waals surface area contributed by atoms with Crippen molar-refractivity contribution in [1.82, 2.24) is 0 Å². The lowest BCUT2D eigenvalue weighted by molar-refractivity contribution is -0.147. The molecule has 0 aliphatic rings. The first-order valence-electron chi connectivity index (χ1n) is 5.78. The van der Waals surface area contributed by atoms with Gasteiger partial charge in [-0.2, -0.15) is 0 Å². The van der Waals surface area contributed by atoms with Gasteiger partial charge >= 0.3 is 5.97 Å². The number of hydrogen-bond acceptors (Lipinski definition) is 3. The van der Waals surface area contributed by atoms with Gasteiger partial charge < -0.3 is 4.74 Å². The highest BCUT2D eigenvalue weighted by Gasteiger charge is 2.10. The third-order valence-corrected chi connectivity index (χ3v) is 2.30. The van der Waals surface area contributed by atoms with Gasteiger partial charge in [0.05, 0.1) is 12.5 Å². The highest BCUT2D eigenvalue weighted by atomic mass is 16.5. The molecule has 3 nitrogen and oxygen atoms in total. The van der Waals surface area contributed by atoms with Crippen molar-refractivity contribution in [3.63, 3.8) is 0 Å². The molecule has 0 N–H and O–H groups in total. The van der Waals surface area contributed by atoms with Crippen LogP contribution < -0.4 is 0 Å². The Morgan fingerprint density at radius 1 is 1.12 bits per heavy atom. The van der Waals surface area contributed by atoms with E-state index in [-0.39, 0.29) is 30.7 Å². The zero-order chi connectivity index (χ0) is 12.8. The molecule has 1 rings (SSSR count). The lowest BCUT2D eigenvalue weighted by Gasteiger charge is -2.07. The summed E-state index contributed by atoms with van der Waals surface area (Å²) in [5.74, 6) is -0.342. The van der Waals surface area contributed by atoms with Gasteiger partial charge in [-0.15, -0.1) is 0 Å². The molecule has 1 aromatic rings. The Morgan fingerprint density at radius 2 is 1.71 bits per heavy atom. The van der Waals surface area contributed by atoms with Crippen molar-refractivity contribution in [2.24, 2.45) is 0 Å². The van der Waals surface area contributed by atoms with E-state index in [1.807, 2.05) is 19.1 Å². The van der Waals surface area contributed by atoms with Gasteiger partial charge in [0.2, 0.25) is 0 Å². The van der Waals surface area contributed by atoms with Gasteiger partial charge in [-0.05, 0) is 20.8 Å². The second-order valence-electron chi connectivity index (χ2n) is 4.33. The molecule has 0 unspecified atom stereocenters. The summed E-state index contributed by atoms with van der Waals surface area (Å²) in [5, 5.41) is 0. The molecule has 0 atom stereocenters. The van der Waals surface area contributed by atoms with Crippen LogP contribution in [-0.2, 0) is 9.53 Å². The summed E-state index contributed by atoms with van der Waals surface area (Å²) in [4.78, 5) is 23.0. The van der Waals surface area contributed by atoms with Crippen LogP contribution in [0.2, 0.25) is 0 Å². The molecule has 0 heterocycles. The number of hydrogen-bond donors (Lipinski definition) is 0. The summed E-state index contributed by atoms with van der Waals surface area (Å²) >= 11 is 0. The summed E-state index contributed by atoms with van der Waals surface area (Å²) in [6.45, 7) is 5.55. The quantitative estimate of drug-likeness (QED) is 0.581. The van der Waals surface area contributed by atoms with E-state index < -0.39 is 0 Å². The molecule has 0 saturated carbocycles. The molecule has 0 amide bonds. The maximum Gasteiger partial charge on any atom is 0.306 e. The minimum atomic E-state index is -0.319. The molecule has 3 heteroatoms. The van der Waals surface area contributed by atoms with E-state index in [2.05, 4.69) is 0 Å². The first-order chi connectivity index (χ1) is 7.99. The van der Waals surface area contributed by atoms with Crippen LogP contribution in [-0.4, -0.2) is 17.9 Å². The van der Waals surface area contributed by atoms with Gasteiger partial charge in [0.25, 0.3) is 0 Å². The lowest BCUT2D eigenvalue weighted by atomic mass is 10.1. The second-order valence-corrected chi connectivity index (χ2v) is 4.33. The van der Waals surface area contributed by atoms with Crippen LogP contribution >= 0.6 is 0 Å². The topological polar surface area (TPSA) is 43.4 Å². The largest absolute Gasteiger partial charge is 0.463 e. The van der Waals surface area contributed by atoms with Gasteiger partial charge in [-0.3, -0.25) is 9.59 Å². The van der Waals surface area contributed by atoms with Gasteiger partial charge in [-0.25, -0.2) is 0 Å². The minimum absolute atomic E-state index is 0.0225. The number of benzene rings is 1. The third-order valence-electron chi connectivity index (χ3n) is 2.30. The maximum absolute atomic E-state index is 11.7. The average molecular weight is 234 g/mol. The number of ether oxygens (including phenoxy) is 1. The fraction of sp³-hybridized carbons (Fsp3) is 0.429. The van der Waals surface area contributed by atoms with Crippen molar-refractivity contribution in [2.45, 2.75) is 39.7 Å². The van der Waals surface area contributed by atoms with E-state index in [0.717, 1.165) is 5.56 Å². The minimum Gasteiger partial charge on any atom is -0.463 e. The van der Waals surface area contributed by atoms with Crippen molar-refractivity contribution in [1.29, 1.82) is 0 Å². The number of ketones is 1. The van der Waals surface area contributed by atoms with Crippen LogP contribution in [0.5, 0.6) is 0 Å². The van der Waals surface area contributed by atoms with Crippen LogP contribution in [0.15, 0.2) is 24.3 Å². The molecule has 0 radical (unpaired) electrons. The van der Waals surface area contributed by atoms with Crippen molar-refractivity contribution in [3.8, 4) is 0 Å². The Balaban J connectivity index is 2.45. The zero-order valence-electron chi connectivity index (χ0n) is 10.5. The number of aryl methyl sites for hydroxylation is 1. The molecule has 0 aromatic heterocycles. The van der Waals surface area contributed by atoms with Gasteiger partial charge in [0.1, 0.15) is 0 Å². The van der Waals surface area contributed by atoms with Crippen molar-refractivity contribution >= 4 is 11.8 Å². The van der Waals surface area contributed by atoms with E-state index >= 15 is 0 Å². The van der Waals surface area contributed by atoms with E-state index in [1.54, 1.807) is 26.0 Å². The molecule has 0 aliphatic carbocycles. The molecular weight excluding hydrogens is 216 g/mol. The summed E-state index contributed by atoms with van der Waals surface area (Å²) in [6.07, 6.45) is 0.219. The molecule has 0 saturated heterocycles. The van der Waals surface area contributed by atoms with E-state index in [4.69, 9.17) is 4.74 Å². The summed E-state index contributed by atoms with van der Waals surface area (Å²) in [6, 6.07) is 7.34.